The number of nitrogens with zero attached hydrogens (tertiary/aromatic N) is 2. The third-order valence-electron chi connectivity index (χ3n) is 5.82. The van der Waals surface area contributed by atoms with Crippen LogP contribution in [0.2, 0.25) is 5.02 Å². The van der Waals surface area contributed by atoms with Crippen LogP contribution in [0.25, 0.3) is 0 Å². The van der Waals surface area contributed by atoms with Crippen molar-refractivity contribution >= 4 is 17.7 Å². The molecule has 1 aliphatic carbocycles. The van der Waals surface area contributed by atoms with Crippen molar-refractivity contribution in [3.8, 4) is 18.1 Å². The lowest BCUT2D eigenvalue weighted by Gasteiger charge is -2.34. The van der Waals surface area contributed by atoms with E-state index in [2.05, 4.69) is 35.1 Å². The van der Waals surface area contributed by atoms with Crippen molar-refractivity contribution in [1.82, 2.24) is 9.80 Å². The van der Waals surface area contributed by atoms with E-state index in [0.29, 0.717) is 23.2 Å². The summed E-state index contributed by atoms with van der Waals surface area (Å²) in [5, 5.41) is 0.620. The van der Waals surface area contributed by atoms with Crippen molar-refractivity contribution < 1.29 is 9.53 Å². The molecule has 0 aromatic heterocycles. The Kier molecular flexibility index (Phi) is 7.79. The third kappa shape index (κ3) is 6.01. The Balaban J connectivity index is 1.49. The zero-order valence-electron chi connectivity index (χ0n) is 17.7. The van der Waals surface area contributed by atoms with Gasteiger partial charge in [-0.3, -0.25) is 4.90 Å². The molecule has 0 saturated heterocycles. The van der Waals surface area contributed by atoms with Crippen LogP contribution in [0.1, 0.15) is 42.7 Å². The largest absolute Gasteiger partial charge is 0.415 e. The maximum absolute atomic E-state index is 12.5. The molecule has 0 heterocycles. The van der Waals surface area contributed by atoms with Gasteiger partial charge in [0.05, 0.1) is 6.54 Å². The predicted octanol–water partition coefficient (Wildman–Crippen LogP) is 5.56. The van der Waals surface area contributed by atoms with Gasteiger partial charge >= 0.3 is 6.09 Å². The predicted molar refractivity (Wildman–Crippen MR) is 122 cm³/mol. The molecule has 0 aliphatic heterocycles. The molecular weight excluding hydrogens is 396 g/mol. The van der Waals surface area contributed by atoms with Crippen LogP contribution in [0.15, 0.2) is 48.5 Å². The minimum atomic E-state index is -0.318. The number of benzene rings is 2. The molecule has 0 N–H and O–H groups in total. The summed E-state index contributed by atoms with van der Waals surface area (Å²) in [6.45, 7) is 1.51. The van der Waals surface area contributed by atoms with Crippen LogP contribution in [-0.2, 0) is 6.54 Å². The van der Waals surface area contributed by atoms with Crippen molar-refractivity contribution in [1.29, 1.82) is 0 Å². The molecule has 1 aliphatic rings. The first kappa shape index (κ1) is 22.2. The molecule has 0 atom stereocenters. The zero-order valence-corrected chi connectivity index (χ0v) is 18.4. The molecule has 30 heavy (non-hydrogen) atoms. The van der Waals surface area contributed by atoms with Crippen LogP contribution in [0.4, 0.5) is 4.79 Å². The van der Waals surface area contributed by atoms with Crippen LogP contribution in [0.5, 0.6) is 5.75 Å². The molecule has 2 aromatic rings. The second kappa shape index (κ2) is 10.5. The number of halogens is 1. The lowest BCUT2D eigenvalue weighted by atomic mass is 9.81. The quantitative estimate of drug-likeness (QED) is 0.569. The summed E-state index contributed by atoms with van der Waals surface area (Å²) >= 11 is 5.88. The van der Waals surface area contributed by atoms with Gasteiger partial charge in [0, 0.05) is 24.7 Å². The van der Waals surface area contributed by atoms with E-state index in [0.717, 1.165) is 32.2 Å². The SMILES string of the molecule is C#CCN(C)Cc1ccc([C@H]2CC[C@H](N(C)C(=O)Oc3ccc(Cl)cc3)CC2)cc1. The lowest BCUT2D eigenvalue weighted by molar-refractivity contribution is 0.130. The van der Waals surface area contributed by atoms with Gasteiger partial charge in [-0.2, -0.15) is 0 Å². The van der Waals surface area contributed by atoms with Gasteiger partial charge in [0.1, 0.15) is 5.75 Å². The van der Waals surface area contributed by atoms with Crippen LogP contribution in [0.3, 0.4) is 0 Å². The van der Waals surface area contributed by atoms with Gasteiger partial charge in [0.2, 0.25) is 0 Å². The maximum Gasteiger partial charge on any atom is 0.415 e. The summed E-state index contributed by atoms with van der Waals surface area (Å²) in [5.41, 5.74) is 2.65. The van der Waals surface area contributed by atoms with E-state index in [-0.39, 0.29) is 12.1 Å². The molecule has 0 radical (unpaired) electrons. The van der Waals surface area contributed by atoms with Crippen LogP contribution >= 0.6 is 11.6 Å². The summed E-state index contributed by atoms with van der Waals surface area (Å²) in [5.74, 6) is 3.72. The highest BCUT2D eigenvalue weighted by atomic mass is 35.5. The van der Waals surface area contributed by atoms with E-state index in [4.69, 9.17) is 22.8 Å². The van der Waals surface area contributed by atoms with Crippen molar-refractivity contribution in [3.05, 3.63) is 64.7 Å². The second-order valence-electron chi connectivity index (χ2n) is 8.06. The minimum absolute atomic E-state index is 0.206. The van der Waals surface area contributed by atoms with Crippen molar-refractivity contribution in [2.45, 2.75) is 44.2 Å². The molecule has 1 amide bonds. The molecule has 0 spiro atoms. The zero-order chi connectivity index (χ0) is 21.5. The number of hydrogen-bond donors (Lipinski definition) is 0. The molecule has 5 heteroatoms. The summed E-state index contributed by atoms with van der Waals surface area (Å²) in [7, 11) is 3.86. The van der Waals surface area contributed by atoms with E-state index in [1.165, 1.54) is 11.1 Å². The average molecular weight is 425 g/mol. The first-order chi connectivity index (χ1) is 14.5. The Bertz CT molecular complexity index is 866. The van der Waals surface area contributed by atoms with Crippen LogP contribution in [0, 0.1) is 12.3 Å². The van der Waals surface area contributed by atoms with E-state index in [1.807, 2.05) is 14.1 Å². The fraction of sp³-hybridized carbons (Fsp3) is 0.400. The van der Waals surface area contributed by atoms with Gasteiger partial charge in [-0.1, -0.05) is 41.8 Å². The number of carbonyl (C=O) groups is 1. The molecule has 3 rings (SSSR count). The van der Waals surface area contributed by atoms with E-state index < -0.39 is 0 Å². The Morgan fingerprint density at radius 2 is 1.70 bits per heavy atom. The molecule has 2 aromatic carbocycles. The third-order valence-corrected chi connectivity index (χ3v) is 6.07. The standard InChI is InChI=1S/C25H29ClN2O2/c1-4-17-27(2)18-19-5-7-20(8-6-19)21-9-13-23(14-10-21)28(3)25(29)30-24-15-11-22(26)12-16-24/h1,5-8,11-12,15-16,21,23H,9-10,13-14,17-18H2,2-3H3/t21-,23-. The number of ether oxygens (including phenoxy) is 1. The molecule has 0 unspecified atom stereocenters. The highest BCUT2D eigenvalue weighted by molar-refractivity contribution is 6.30. The summed E-state index contributed by atoms with van der Waals surface area (Å²) in [6.07, 6.45) is 9.14. The number of rotatable bonds is 6. The summed E-state index contributed by atoms with van der Waals surface area (Å²) in [6, 6.07) is 15.9. The summed E-state index contributed by atoms with van der Waals surface area (Å²) in [4.78, 5) is 16.3. The Labute approximate surface area is 184 Å². The topological polar surface area (TPSA) is 32.8 Å². The van der Waals surface area contributed by atoms with E-state index in [1.54, 1.807) is 29.2 Å². The second-order valence-corrected chi connectivity index (χ2v) is 8.49. The van der Waals surface area contributed by atoms with Gasteiger partial charge in [-0.15, -0.1) is 6.42 Å². The Morgan fingerprint density at radius 3 is 2.30 bits per heavy atom. The van der Waals surface area contributed by atoms with Gasteiger partial charge in [0.15, 0.2) is 0 Å². The maximum atomic E-state index is 12.5. The highest BCUT2D eigenvalue weighted by Crippen LogP contribution is 2.35. The number of terminal acetylenes is 1. The molecule has 158 valence electrons. The van der Waals surface area contributed by atoms with Crippen LogP contribution in [-0.4, -0.2) is 42.6 Å². The van der Waals surface area contributed by atoms with Gasteiger partial charge in [0.25, 0.3) is 0 Å². The molecule has 1 saturated carbocycles. The van der Waals surface area contributed by atoms with Gasteiger partial charge in [-0.25, -0.2) is 4.79 Å². The number of hydrogen-bond acceptors (Lipinski definition) is 3. The summed E-state index contributed by atoms with van der Waals surface area (Å²) < 4.78 is 5.47. The van der Waals surface area contributed by atoms with Crippen LogP contribution < -0.4 is 4.74 Å². The lowest BCUT2D eigenvalue weighted by Crippen LogP contribution is -2.40. The smallest absolute Gasteiger partial charge is 0.410 e. The fourth-order valence-electron chi connectivity index (χ4n) is 4.04. The molecule has 1 fully saturated rings. The van der Waals surface area contributed by atoms with Crippen molar-refractivity contribution in [2.24, 2.45) is 0 Å². The van der Waals surface area contributed by atoms with E-state index >= 15 is 0 Å². The monoisotopic (exact) mass is 424 g/mol. The number of carbonyl (C=O) groups excluding carboxylic acids is 1. The van der Waals surface area contributed by atoms with E-state index in [9.17, 15) is 4.79 Å². The molecule has 4 nitrogen and oxygen atoms in total. The number of amides is 1. The van der Waals surface area contributed by atoms with Crippen molar-refractivity contribution in [2.75, 3.05) is 20.6 Å². The first-order valence-electron chi connectivity index (χ1n) is 10.4. The normalized spacial score (nSPS) is 18.6. The average Bonchev–Trinajstić information content (AvgIpc) is 2.75. The minimum Gasteiger partial charge on any atom is -0.410 e. The Hall–Kier alpha value is -2.48. The van der Waals surface area contributed by atoms with Gasteiger partial charge < -0.3 is 9.64 Å². The first-order valence-corrected chi connectivity index (χ1v) is 10.7. The molecule has 0 bridgehead atoms. The van der Waals surface area contributed by atoms with Gasteiger partial charge in [-0.05, 0) is 74.0 Å². The highest BCUT2D eigenvalue weighted by Gasteiger charge is 2.28. The van der Waals surface area contributed by atoms with Crippen molar-refractivity contribution in [3.63, 3.8) is 0 Å². The Morgan fingerprint density at radius 1 is 1.07 bits per heavy atom. The fourth-order valence-corrected chi connectivity index (χ4v) is 4.17. The molecular formula is C25H29ClN2O2.